The van der Waals surface area contributed by atoms with E-state index in [1.165, 1.54) is 0 Å². The number of rotatable bonds is 8. The van der Waals surface area contributed by atoms with Crippen molar-refractivity contribution in [2.45, 2.75) is 43.7 Å². The van der Waals surface area contributed by atoms with E-state index in [1.54, 1.807) is 40.5 Å². The molecule has 1 saturated heterocycles. The number of nitrogens with zero attached hydrogens (tertiary/aromatic N) is 1. The monoisotopic (exact) mass is 407 g/mol. The van der Waals surface area contributed by atoms with Crippen LogP contribution in [0.3, 0.4) is 0 Å². The average molecular weight is 408 g/mol. The smallest absolute Gasteiger partial charge is 0.224 e. The number of ether oxygens (including phenoxy) is 1. The number of benzene rings is 1. The Balaban J connectivity index is 1.64. The number of hydrogen-bond donors (Lipinski definition) is 0. The van der Waals surface area contributed by atoms with E-state index in [-0.39, 0.29) is 29.1 Å². The highest BCUT2D eigenvalue weighted by Gasteiger charge is 2.25. The summed E-state index contributed by atoms with van der Waals surface area (Å²) in [6.07, 6.45) is 1.97. The lowest BCUT2D eigenvalue weighted by atomic mass is 10.2. The third kappa shape index (κ3) is 5.64. The summed E-state index contributed by atoms with van der Waals surface area (Å²) in [5, 5.41) is 1.98. The van der Waals surface area contributed by atoms with E-state index in [0.29, 0.717) is 13.1 Å². The third-order valence-electron chi connectivity index (χ3n) is 4.69. The van der Waals surface area contributed by atoms with Gasteiger partial charge in [-0.2, -0.15) is 0 Å². The van der Waals surface area contributed by atoms with Crippen molar-refractivity contribution < 1.29 is 17.9 Å². The lowest BCUT2D eigenvalue weighted by Crippen LogP contribution is -2.37. The van der Waals surface area contributed by atoms with E-state index >= 15 is 0 Å². The fourth-order valence-electron chi connectivity index (χ4n) is 3.12. The van der Waals surface area contributed by atoms with Crippen LogP contribution in [0.4, 0.5) is 0 Å². The molecule has 0 N–H and O–H groups in total. The highest BCUT2D eigenvalue weighted by molar-refractivity contribution is 7.91. The van der Waals surface area contributed by atoms with Gasteiger partial charge >= 0.3 is 0 Å². The van der Waals surface area contributed by atoms with Crippen LogP contribution in [0.15, 0.2) is 46.7 Å². The van der Waals surface area contributed by atoms with Crippen molar-refractivity contribution in [2.24, 2.45) is 0 Å². The second-order valence-electron chi connectivity index (χ2n) is 6.87. The molecule has 0 bridgehead atoms. The van der Waals surface area contributed by atoms with Gasteiger partial charge in [0, 0.05) is 24.4 Å². The van der Waals surface area contributed by atoms with E-state index in [4.69, 9.17) is 4.74 Å². The van der Waals surface area contributed by atoms with E-state index in [0.717, 1.165) is 29.9 Å². The molecule has 1 atom stereocenters. The molecular formula is C20H25NO4S2. The van der Waals surface area contributed by atoms with Gasteiger partial charge in [-0.15, -0.1) is 11.3 Å². The van der Waals surface area contributed by atoms with Gasteiger partial charge in [-0.05, 0) is 43.3 Å². The lowest BCUT2D eigenvalue weighted by Gasteiger charge is -2.25. The summed E-state index contributed by atoms with van der Waals surface area (Å²) in [4.78, 5) is 15.9. The topological polar surface area (TPSA) is 63.7 Å². The second-order valence-corrected chi connectivity index (χ2v) is 10.0. The molecule has 0 aliphatic carbocycles. The number of hydrogen-bond acceptors (Lipinski definition) is 5. The van der Waals surface area contributed by atoms with E-state index < -0.39 is 9.84 Å². The molecule has 1 unspecified atom stereocenters. The molecule has 146 valence electrons. The summed E-state index contributed by atoms with van der Waals surface area (Å²) in [6, 6.07) is 10.7. The Hall–Kier alpha value is -1.70. The van der Waals surface area contributed by atoms with Crippen molar-refractivity contribution in [1.82, 2.24) is 4.90 Å². The van der Waals surface area contributed by atoms with Crippen LogP contribution in [-0.4, -0.2) is 44.2 Å². The van der Waals surface area contributed by atoms with Crippen LogP contribution in [-0.2, 0) is 25.9 Å². The summed E-state index contributed by atoms with van der Waals surface area (Å²) in [5.41, 5.74) is 1.00. The van der Waals surface area contributed by atoms with Gasteiger partial charge < -0.3 is 9.64 Å². The number of carbonyl (C=O) groups excluding carboxylic acids is 1. The molecule has 0 spiro atoms. The molecule has 3 rings (SSSR count). The zero-order chi connectivity index (χ0) is 19.3. The molecule has 1 fully saturated rings. The highest BCUT2D eigenvalue weighted by atomic mass is 32.2. The molecule has 27 heavy (non-hydrogen) atoms. The SMILES string of the molecule is Cc1ccc(S(=O)(=O)CCC(=O)N(Cc2cccs2)CC2CCCO2)cc1. The number of thiophene rings is 1. The molecule has 1 aromatic heterocycles. The van der Waals surface area contributed by atoms with Gasteiger partial charge in [0.15, 0.2) is 9.84 Å². The van der Waals surface area contributed by atoms with Gasteiger partial charge in [0.2, 0.25) is 5.91 Å². The second kappa shape index (κ2) is 8.99. The van der Waals surface area contributed by atoms with Crippen LogP contribution in [0.5, 0.6) is 0 Å². The summed E-state index contributed by atoms with van der Waals surface area (Å²) in [7, 11) is -3.47. The Bertz CT molecular complexity index is 839. The summed E-state index contributed by atoms with van der Waals surface area (Å²) in [6.45, 7) is 3.66. The molecular weight excluding hydrogens is 382 g/mol. The van der Waals surface area contributed by atoms with Gasteiger partial charge in [-0.1, -0.05) is 23.8 Å². The van der Waals surface area contributed by atoms with E-state index in [2.05, 4.69) is 0 Å². The van der Waals surface area contributed by atoms with Crippen LogP contribution in [0, 0.1) is 6.92 Å². The van der Waals surface area contributed by atoms with E-state index in [1.807, 2.05) is 24.4 Å². The Labute approximate surface area is 164 Å². The largest absolute Gasteiger partial charge is 0.376 e. The zero-order valence-corrected chi connectivity index (χ0v) is 17.1. The predicted octanol–water partition coefficient (Wildman–Crippen LogP) is 3.43. The Morgan fingerprint density at radius 3 is 2.67 bits per heavy atom. The van der Waals surface area contributed by atoms with Crippen LogP contribution < -0.4 is 0 Å². The Morgan fingerprint density at radius 1 is 1.26 bits per heavy atom. The normalized spacial score (nSPS) is 17.1. The van der Waals surface area contributed by atoms with Crippen LogP contribution in [0.1, 0.15) is 29.7 Å². The molecule has 1 aromatic carbocycles. The maximum absolute atomic E-state index is 12.8. The lowest BCUT2D eigenvalue weighted by molar-refractivity contribution is -0.133. The summed E-state index contributed by atoms with van der Waals surface area (Å²) >= 11 is 1.60. The van der Waals surface area contributed by atoms with Crippen LogP contribution in [0.2, 0.25) is 0 Å². The maximum Gasteiger partial charge on any atom is 0.224 e. The third-order valence-corrected chi connectivity index (χ3v) is 7.29. The average Bonchev–Trinajstić information content (AvgIpc) is 3.34. The van der Waals surface area contributed by atoms with Crippen molar-refractivity contribution in [1.29, 1.82) is 0 Å². The minimum Gasteiger partial charge on any atom is -0.376 e. The molecule has 2 aromatic rings. The molecule has 1 aliphatic heterocycles. The molecule has 0 saturated carbocycles. The minimum absolute atomic E-state index is 0.0195. The first-order valence-corrected chi connectivity index (χ1v) is 11.7. The van der Waals surface area contributed by atoms with Crippen LogP contribution >= 0.6 is 11.3 Å². The highest BCUT2D eigenvalue weighted by Crippen LogP contribution is 2.19. The molecule has 0 radical (unpaired) electrons. The molecule has 2 heterocycles. The van der Waals surface area contributed by atoms with Gasteiger partial charge in [-0.3, -0.25) is 4.79 Å². The zero-order valence-electron chi connectivity index (χ0n) is 15.5. The number of aryl methyl sites for hydroxylation is 1. The maximum atomic E-state index is 12.8. The minimum atomic E-state index is -3.47. The number of amides is 1. The summed E-state index contributed by atoms with van der Waals surface area (Å²) < 4.78 is 30.7. The Kier molecular flexibility index (Phi) is 6.68. The summed E-state index contributed by atoms with van der Waals surface area (Å²) in [5.74, 6) is -0.323. The first-order chi connectivity index (χ1) is 12.9. The van der Waals surface area contributed by atoms with E-state index in [9.17, 15) is 13.2 Å². The van der Waals surface area contributed by atoms with Gasteiger partial charge in [0.25, 0.3) is 0 Å². The van der Waals surface area contributed by atoms with Crippen LogP contribution in [0.25, 0.3) is 0 Å². The first kappa shape index (κ1) is 20.0. The first-order valence-electron chi connectivity index (χ1n) is 9.15. The van der Waals surface area contributed by atoms with Gasteiger partial charge in [0.05, 0.1) is 23.3 Å². The van der Waals surface area contributed by atoms with Crippen molar-refractivity contribution >= 4 is 27.1 Å². The number of sulfone groups is 1. The molecule has 1 amide bonds. The standard InChI is InChI=1S/C20H25NO4S2/c1-16-6-8-19(9-7-16)27(23,24)13-10-20(22)21(14-17-4-2-11-25-17)15-18-5-3-12-26-18/h3,5-9,12,17H,2,4,10-11,13-15H2,1H3. The molecule has 1 aliphatic rings. The van der Waals surface area contributed by atoms with Crippen molar-refractivity contribution in [3.8, 4) is 0 Å². The van der Waals surface area contributed by atoms with Gasteiger partial charge in [0.1, 0.15) is 0 Å². The number of carbonyl (C=O) groups is 1. The fourth-order valence-corrected chi connectivity index (χ4v) is 5.07. The predicted molar refractivity (Wildman–Crippen MR) is 107 cm³/mol. The van der Waals surface area contributed by atoms with Crippen molar-refractivity contribution in [3.63, 3.8) is 0 Å². The molecule has 7 heteroatoms. The van der Waals surface area contributed by atoms with Gasteiger partial charge in [-0.25, -0.2) is 8.42 Å². The van der Waals surface area contributed by atoms with Crippen molar-refractivity contribution in [2.75, 3.05) is 18.9 Å². The molecule has 5 nitrogen and oxygen atoms in total. The van der Waals surface area contributed by atoms with Crippen molar-refractivity contribution in [3.05, 3.63) is 52.2 Å². The quantitative estimate of drug-likeness (QED) is 0.673. The Morgan fingerprint density at radius 2 is 2.04 bits per heavy atom. The fraction of sp³-hybridized carbons (Fsp3) is 0.450.